The molecule has 5 N–H and O–H groups in total. The SMILES string of the molecule is CC(C)C(CCC(C)C(CCC(C)C(CC(C(=O)O)C(C)C(C)C(=O)O)C(=O)O)C(=O)O)C(=O)O. The zero-order valence-corrected chi connectivity index (χ0v) is 21.5. The molecule has 0 saturated carbocycles. The monoisotopic (exact) mass is 502 g/mol. The molecule has 0 radical (unpaired) electrons. The van der Waals surface area contributed by atoms with Crippen LogP contribution in [0, 0.1) is 53.3 Å². The Bertz CT molecular complexity index is 747. The third-order valence-corrected chi connectivity index (χ3v) is 7.63. The highest BCUT2D eigenvalue weighted by atomic mass is 16.4. The lowest BCUT2D eigenvalue weighted by Gasteiger charge is -2.29. The number of hydrogen-bond donors (Lipinski definition) is 5. The number of hydrogen-bond acceptors (Lipinski definition) is 5. The summed E-state index contributed by atoms with van der Waals surface area (Å²) in [6.07, 6.45) is 0.867. The quantitative estimate of drug-likeness (QED) is 0.183. The van der Waals surface area contributed by atoms with Gasteiger partial charge in [-0.2, -0.15) is 0 Å². The van der Waals surface area contributed by atoms with E-state index in [9.17, 15) is 49.5 Å². The van der Waals surface area contributed by atoms with Gasteiger partial charge in [-0.3, -0.25) is 24.0 Å². The van der Waals surface area contributed by atoms with Gasteiger partial charge in [0.05, 0.1) is 29.6 Å². The molecule has 0 amide bonds. The average Bonchev–Trinajstić information content (AvgIpc) is 2.71. The number of aliphatic carboxylic acids is 5. The van der Waals surface area contributed by atoms with E-state index in [0.717, 1.165) is 0 Å². The molecule has 8 unspecified atom stereocenters. The number of carboxylic acids is 5. The second-order valence-corrected chi connectivity index (χ2v) is 10.4. The highest BCUT2D eigenvalue weighted by molar-refractivity contribution is 5.76. The van der Waals surface area contributed by atoms with Gasteiger partial charge in [0.15, 0.2) is 0 Å². The summed E-state index contributed by atoms with van der Waals surface area (Å²) in [5.41, 5.74) is 0. The van der Waals surface area contributed by atoms with Crippen molar-refractivity contribution < 1.29 is 49.5 Å². The lowest BCUT2D eigenvalue weighted by atomic mass is 9.74. The first-order chi connectivity index (χ1) is 16.0. The molecule has 0 aliphatic heterocycles. The molecule has 0 fully saturated rings. The van der Waals surface area contributed by atoms with Crippen molar-refractivity contribution >= 4 is 29.8 Å². The third kappa shape index (κ3) is 10.2. The van der Waals surface area contributed by atoms with Crippen LogP contribution in [0.25, 0.3) is 0 Å². The summed E-state index contributed by atoms with van der Waals surface area (Å²) in [7, 11) is 0. The van der Waals surface area contributed by atoms with Crippen molar-refractivity contribution in [3.63, 3.8) is 0 Å². The summed E-state index contributed by atoms with van der Waals surface area (Å²) in [4.78, 5) is 58.4. The standard InChI is InChI=1S/C25H42O10/c1-12(2)17(22(28)29)9-7-13(3)18(23(30)31)10-8-14(4)19(24(32)33)11-20(25(34)35)15(5)16(6)21(26)27/h12-20H,7-11H2,1-6H3,(H,26,27)(H,28,29)(H,30,31)(H,32,33)(H,34,35). The maximum absolute atomic E-state index is 12.0. The summed E-state index contributed by atoms with van der Waals surface area (Å²) in [5.74, 6) is -12.0. The zero-order valence-electron chi connectivity index (χ0n) is 21.5. The van der Waals surface area contributed by atoms with E-state index in [-0.39, 0.29) is 31.1 Å². The Morgan fingerprint density at radius 3 is 1.20 bits per heavy atom. The number of rotatable bonds is 18. The van der Waals surface area contributed by atoms with Crippen molar-refractivity contribution in [2.24, 2.45) is 53.3 Å². The fourth-order valence-corrected chi connectivity index (χ4v) is 4.64. The van der Waals surface area contributed by atoms with Gasteiger partial charge in [0, 0.05) is 0 Å². The molecule has 202 valence electrons. The maximum Gasteiger partial charge on any atom is 0.306 e. The maximum atomic E-state index is 12.0. The van der Waals surface area contributed by atoms with Gasteiger partial charge in [0.2, 0.25) is 0 Å². The lowest BCUT2D eigenvalue weighted by Crippen LogP contribution is -2.35. The van der Waals surface area contributed by atoms with E-state index >= 15 is 0 Å². The van der Waals surface area contributed by atoms with E-state index in [1.165, 1.54) is 13.8 Å². The predicted octanol–water partition coefficient (Wildman–Crippen LogP) is 4.03. The molecule has 0 saturated heterocycles. The predicted molar refractivity (Wildman–Crippen MR) is 127 cm³/mol. The summed E-state index contributed by atoms with van der Waals surface area (Å²) in [6, 6.07) is 0. The van der Waals surface area contributed by atoms with Crippen LogP contribution >= 0.6 is 0 Å². The van der Waals surface area contributed by atoms with Gasteiger partial charge in [0.25, 0.3) is 0 Å². The van der Waals surface area contributed by atoms with Crippen molar-refractivity contribution in [3.8, 4) is 0 Å². The smallest absolute Gasteiger partial charge is 0.306 e. The molecule has 35 heavy (non-hydrogen) atoms. The van der Waals surface area contributed by atoms with Crippen LogP contribution < -0.4 is 0 Å². The van der Waals surface area contributed by atoms with E-state index in [1.807, 2.05) is 0 Å². The normalized spacial score (nSPS) is 18.5. The summed E-state index contributed by atoms with van der Waals surface area (Å²) in [5, 5.41) is 47.7. The van der Waals surface area contributed by atoms with Crippen LogP contribution in [0.3, 0.4) is 0 Å². The average molecular weight is 503 g/mol. The van der Waals surface area contributed by atoms with Crippen LogP contribution in [-0.4, -0.2) is 55.4 Å². The second-order valence-electron chi connectivity index (χ2n) is 10.4. The molecule has 10 nitrogen and oxygen atoms in total. The molecule has 8 atom stereocenters. The highest BCUT2D eigenvalue weighted by Crippen LogP contribution is 2.34. The minimum atomic E-state index is -1.26. The molecule has 0 heterocycles. The molecular formula is C25H42O10. The van der Waals surface area contributed by atoms with Crippen LogP contribution in [0.15, 0.2) is 0 Å². The van der Waals surface area contributed by atoms with Crippen molar-refractivity contribution in [1.29, 1.82) is 0 Å². The Morgan fingerprint density at radius 1 is 0.486 bits per heavy atom. The minimum absolute atomic E-state index is 0.0901. The van der Waals surface area contributed by atoms with Gasteiger partial charge in [-0.15, -0.1) is 0 Å². The van der Waals surface area contributed by atoms with E-state index in [2.05, 4.69) is 0 Å². The van der Waals surface area contributed by atoms with Crippen LogP contribution in [0.2, 0.25) is 0 Å². The first-order valence-electron chi connectivity index (χ1n) is 12.2. The Balaban J connectivity index is 5.39. The van der Waals surface area contributed by atoms with Crippen LogP contribution in [0.5, 0.6) is 0 Å². The van der Waals surface area contributed by atoms with Gasteiger partial charge in [-0.1, -0.05) is 41.5 Å². The third-order valence-electron chi connectivity index (χ3n) is 7.63. The zero-order chi connectivity index (χ0) is 27.6. The first-order valence-corrected chi connectivity index (χ1v) is 12.2. The number of carboxylic acid groups (broad SMARTS) is 5. The van der Waals surface area contributed by atoms with E-state index in [4.69, 9.17) is 0 Å². The van der Waals surface area contributed by atoms with Gasteiger partial charge in [0.1, 0.15) is 0 Å². The lowest BCUT2D eigenvalue weighted by molar-refractivity contribution is -0.151. The largest absolute Gasteiger partial charge is 0.481 e. The van der Waals surface area contributed by atoms with Crippen molar-refractivity contribution in [2.45, 2.75) is 73.6 Å². The van der Waals surface area contributed by atoms with Gasteiger partial charge in [-0.05, 0) is 55.8 Å². The van der Waals surface area contributed by atoms with Crippen LogP contribution in [0.1, 0.15) is 73.6 Å². The Hall–Kier alpha value is -2.65. The van der Waals surface area contributed by atoms with E-state index < -0.39 is 71.3 Å². The fraction of sp³-hybridized carbons (Fsp3) is 0.800. The van der Waals surface area contributed by atoms with Gasteiger partial charge in [-0.25, -0.2) is 0 Å². The molecule has 10 heteroatoms. The molecule has 0 aromatic carbocycles. The molecule has 0 aromatic heterocycles. The summed E-state index contributed by atoms with van der Waals surface area (Å²) in [6.45, 7) is 9.83. The van der Waals surface area contributed by atoms with Gasteiger partial charge < -0.3 is 25.5 Å². The first kappa shape index (κ1) is 32.4. The molecule has 0 rings (SSSR count). The van der Waals surface area contributed by atoms with Crippen molar-refractivity contribution in [3.05, 3.63) is 0 Å². The summed E-state index contributed by atoms with van der Waals surface area (Å²) < 4.78 is 0. The topological polar surface area (TPSA) is 186 Å². The summed E-state index contributed by atoms with van der Waals surface area (Å²) >= 11 is 0. The van der Waals surface area contributed by atoms with Crippen molar-refractivity contribution in [2.75, 3.05) is 0 Å². The Kier molecular flexibility index (Phi) is 13.6. The van der Waals surface area contributed by atoms with Gasteiger partial charge >= 0.3 is 29.8 Å². The molecule has 0 aliphatic rings. The molecule has 0 aromatic rings. The minimum Gasteiger partial charge on any atom is -0.481 e. The van der Waals surface area contributed by atoms with Crippen molar-refractivity contribution in [1.82, 2.24) is 0 Å². The highest BCUT2D eigenvalue weighted by Gasteiger charge is 2.38. The molecular weight excluding hydrogens is 460 g/mol. The molecule has 0 bridgehead atoms. The molecule has 0 spiro atoms. The molecule has 0 aliphatic carbocycles. The Morgan fingerprint density at radius 2 is 0.857 bits per heavy atom. The van der Waals surface area contributed by atoms with E-state index in [0.29, 0.717) is 12.8 Å². The van der Waals surface area contributed by atoms with E-state index in [1.54, 1.807) is 27.7 Å². The van der Waals surface area contributed by atoms with Crippen LogP contribution in [-0.2, 0) is 24.0 Å². The van der Waals surface area contributed by atoms with Crippen LogP contribution in [0.4, 0.5) is 0 Å². The number of carbonyl (C=O) groups is 5. The second kappa shape index (κ2) is 14.7. The fourth-order valence-electron chi connectivity index (χ4n) is 4.64. The Labute approximate surface area is 206 Å².